The molecule has 1 amide bonds. The Hall–Kier alpha value is -2.67. The highest BCUT2D eigenvalue weighted by molar-refractivity contribution is 7.92. The summed E-state index contributed by atoms with van der Waals surface area (Å²) in [5.41, 5.74) is 11.7. The number of sulfone groups is 1. The molecule has 1 saturated carbocycles. The standard InChI is InChI=1S/C34H49FN2O3S/c1-8-23(4)26(15-14-20-41(39,40)34(5,6)7)19-18-24(9-2)32-31(33(36)38)28-22-29(35)25(10-3)21-30(28)37(32)27-16-12-11-13-17-27/h9,18-19,21-22,27H,8,10-17,20H2,1-7H3,(H2,36,38). The van der Waals surface area contributed by atoms with Crippen molar-refractivity contribution in [1.29, 1.82) is 0 Å². The van der Waals surface area contributed by atoms with Crippen molar-refractivity contribution in [2.45, 2.75) is 117 Å². The molecule has 1 aromatic heterocycles. The Morgan fingerprint density at radius 2 is 1.78 bits per heavy atom. The van der Waals surface area contributed by atoms with Crippen molar-refractivity contribution in [3.8, 4) is 0 Å². The van der Waals surface area contributed by atoms with Gasteiger partial charge in [-0.2, -0.15) is 0 Å². The Morgan fingerprint density at radius 1 is 1.12 bits per heavy atom. The molecule has 226 valence electrons. The van der Waals surface area contributed by atoms with E-state index in [1.807, 2.05) is 32.1 Å². The Bertz CT molecular complexity index is 1460. The number of fused-ring (bicyclic) bond motifs is 1. The first-order valence-corrected chi connectivity index (χ1v) is 16.8. The maximum Gasteiger partial charge on any atom is 0.251 e. The minimum atomic E-state index is -3.21. The molecule has 0 bridgehead atoms. The number of nitrogens with zero attached hydrogens (tertiary/aromatic N) is 1. The molecule has 1 aliphatic carbocycles. The Labute approximate surface area is 246 Å². The number of hydrogen-bond acceptors (Lipinski definition) is 3. The van der Waals surface area contributed by atoms with Crippen LogP contribution >= 0.6 is 0 Å². The predicted octanol–water partition coefficient (Wildman–Crippen LogP) is 8.63. The molecule has 2 aromatic rings. The number of rotatable bonds is 11. The second-order valence-corrected chi connectivity index (χ2v) is 15.2. The molecule has 0 radical (unpaired) electrons. The normalized spacial score (nSPS) is 16.5. The van der Waals surface area contributed by atoms with E-state index in [1.54, 1.807) is 20.8 Å². The lowest BCUT2D eigenvalue weighted by Crippen LogP contribution is -2.30. The van der Waals surface area contributed by atoms with Gasteiger partial charge >= 0.3 is 0 Å². The van der Waals surface area contributed by atoms with Crippen molar-refractivity contribution < 1.29 is 17.6 Å². The van der Waals surface area contributed by atoms with Gasteiger partial charge in [0.2, 0.25) is 0 Å². The quantitative estimate of drug-likeness (QED) is 0.268. The van der Waals surface area contributed by atoms with Crippen LogP contribution in [0.5, 0.6) is 0 Å². The van der Waals surface area contributed by atoms with Gasteiger partial charge in [0.25, 0.3) is 5.91 Å². The van der Waals surface area contributed by atoms with E-state index in [0.717, 1.165) is 54.5 Å². The lowest BCUT2D eigenvalue weighted by molar-refractivity contribution is 0.100. The van der Waals surface area contributed by atoms with Gasteiger partial charge in [0.15, 0.2) is 9.84 Å². The topological polar surface area (TPSA) is 82.2 Å². The lowest BCUT2D eigenvalue weighted by Gasteiger charge is -2.27. The third-order valence-electron chi connectivity index (χ3n) is 8.66. The molecule has 0 saturated heterocycles. The van der Waals surface area contributed by atoms with Crippen molar-refractivity contribution in [2.24, 2.45) is 5.73 Å². The third-order valence-corrected chi connectivity index (χ3v) is 11.3. The Balaban J connectivity index is 2.14. The number of allylic oxidation sites excluding steroid dienone is 6. The largest absolute Gasteiger partial charge is 0.366 e. The number of primary amides is 1. The molecule has 0 atom stereocenters. The monoisotopic (exact) mass is 584 g/mol. The zero-order valence-electron chi connectivity index (χ0n) is 26.1. The molecule has 0 spiro atoms. The number of amides is 1. The summed E-state index contributed by atoms with van der Waals surface area (Å²) < 4.78 is 41.9. The van der Waals surface area contributed by atoms with E-state index in [0.29, 0.717) is 35.8 Å². The summed E-state index contributed by atoms with van der Waals surface area (Å²) in [7, 11) is -3.21. The first-order chi connectivity index (χ1) is 19.3. The fourth-order valence-corrected chi connectivity index (χ4v) is 6.96. The first kappa shape index (κ1) is 32.8. The number of nitrogens with two attached hydrogens (primary N) is 1. The van der Waals surface area contributed by atoms with Crippen LogP contribution in [-0.4, -0.2) is 29.4 Å². The van der Waals surface area contributed by atoms with Crippen molar-refractivity contribution in [1.82, 2.24) is 4.57 Å². The molecule has 2 N–H and O–H groups in total. The number of hydrogen-bond donors (Lipinski definition) is 1. The first-order valence-electron chi connectivity index (χ1n) is 15.2. The maximum atomic E-state index is 15.0. The van der Waals surface area contributed by atoms with Gasteiger partial charge in [0, 0.05) is 11.4 Å². The van der Waals surface area contributed by atoms with E-state index in [2.05, 4.69) is 24.5 Å². The van der Waals surface area contributed by atoms with Crippen LogP contribution in [0, 0.1) is 5.82 Å². The average molecular weight is 585 g/mol. The number of aromatic nitrogens is 1. The highest BCUT2D eigenvalue weighted by Crippen LogP contribution is 2.40. The van der Waals surface area contributed by atoms with Gasteiger partial charge in [-0.05, 0) is 102 Å². The van der Waals surface area contributed by atoms with Crippen molar-refractivity contribution in [3.63, 3.8) is 0 Å². The molecule has 41 heavy (non-hydrogen) atoms. The molecule has 7 heteroatoms. The smallest absolute Gasteiger partial charge is 0.251 e. The molecular formula is C34H49FN2O3S. The van der Waals surface area contributed by atoms with Crippen LogP contribution in [0.15, 0.2) is 41.5 Å². The van der Waals surface area contributed by atoms with Gasteiger partial charge in [-0.15, -0.1) is 0 Å². The van der Waals surface area contributed by atoms with Crippen molar-refractivity contribution >= 4 is 32.2 Å². The molecule has 0 aliphatic heterocycles. The van der Waals surface area contributed by atoms with Gasteiger partial charge in [-0.1, -0.05) is 56.9 Å². The zero-order valence-corrected chi connectivity index (χ0v) is 26.9. The van der Waals surface area contributed by atoms with Crippen LogP contribution in [0.1, 0.15) is 127 Å². The van der Waals surface area contributed by atoms with Gasteiger partial charge in [0.1, 0.15) is 5.82 Å². The van der Waals surface area contributed by atoms with Gasteiger partial charge < -0.3 is 10.3 Å². The fraction of sp³-hybridized carbons (Fsp3) is 0.559. The molecule has 5 nitrogen and oxygen atoms in total. The molecule has 1 aliphatic rings. The van der Waals surface area contributed by atoms with E-state index in [9.17, 15) is 13.2 Å². The molecule has 1 aromatic carbocycles. The van der Waals surface area contributed by atoms with Crippen LogP contribution in [0.3, 0.4) is 0 Å². The van der Waals surface area contributed by atoms with E-state index < -0.39 is 20.5 Å². The maximum absolute atomic E-state index is 15.0. The van der Waals surface area contributed by atoms with Crippen LogP contribution in [0.2, 0.25) is 0 Å². The van der Waals surface area contributed by atoms with E-state index in [1.165, 1.54) is 18.1 Å². The van der Waals surface area contributed by atoms with Crippen LogP contribution < -0.4 is 5.73 Å². The van der Waals surface area contributed by atoms with Crippen LogP contribution in [0.25, 0.3) is 16.5 Å². The summed E-state index contributed by atoms with van der Waals surface area (Å²) in [6.07, 6.45) is 14.1. The van der Waals surface area contributed by atoms with Gasteiger partial charge in [-0.25, -0.2) is 12.8 Å². The van der Waals surface area contributed by atoms with Crippen molar-refractivity contribution in [3.05, 3.63) is 64.1 Å². The van der Waals surface area contributed by atoms with Crippen LogP contribution in [0.4, 0.5) is 4.39 Å². The van der Waals surface area contributed by atoms with Crippen molar-refractivity contribution in [2.75, 3.05) is 5.75 Å². The number of halogens is 1. The fourth-order valence-electron chi connectivity index (χ4n) is 5.82. The second kappa shape index (κ2) is 13.5. The Morgan fingerprint density at radius 3 is 2.32 bits per heavy atom. The summed E-state index contributed by atoms with van der Waals surface area (Å²) in [6.45, 7) is 13.3. The van der Waals surface area contributed by atoms with Crippen LogP contribution in [-0.2, 0) is 16.3 Å². The molecule has 0 unspecified atom stereocenters. The Kier molecular flexibility index (Phi) is 10.8. The summed E-state index contributed by atoms with van der Waals surface area (Å²) >= 11 is 0. The summed E-state index contributed by atoms with van der Waals surface area (Å²) in [5, 5.41) is 0.563. The highest BCUT2D eigenvalue weighted by atomic mass is 32.2. The summed E-state index contributed by atoms with van der Waals surface area (Å²) in [6, 6.07) is 3.58. The van der Waals surface area contributed by atoms with Gasteiger partial charge in [-0.3, -0.25) is 4.79 Å². The molecule has 3 rings (SSSR count). The SMILES string of the molecule is CC=C(C=CC(CCCS(=O)(=O)C(C)(C)C)=C(C)CC)c1c(C(N)=O)c2cc(F)c(CC)cc2n1C1CCCCC1. The second-order valence-electron chi connectivity index (χ2n) is 12.3. The minimum Gasteiger partial charge on any atom is -0.366 e. The minimum absolute atomic E-state index is 0.133. The van der Waals surface area contributed by atoms with E-state index in [4.69, 9.17) is 5.73 Å². The van der Waals surface area contributed by atoms with E-state index in [-0.39, 0.29) is 17.6 Å². The molecule has 1 fully saturated rings. The number of carbonyl (C=O) groups is 1. The summed E-state index contributed by atoms with van der Waals surface area (Å²) in [4.78, 5) is 13.0. The molecular weight excluding hydrogens is 535 g/mol. The average Bonchev–Trinajstić information content (AvgIpc) is 3.25. The lowest BCUT2D eigenvalue weighted by atomic mass is 9.94. The molecule has 1 heterocycles. The van der Waals surface area contributed by atoms with Gasteiger partial charge in [0.05, 0.1) is 27.3 Å². The predicted molar refractivity (Wildman–Crippen MR) is 170 cm³/mol. The number of carbonyl (C=O) groups excluding carboxylic acids is 1. The highest BCUT2D eigenvalue weighted by Gasteiger charge is 2.29. The summed E-state index contributed by atoms with van der Waals surface area (Å²) in [5.74, 6) is -0.751. The van der Waals surface area contributed by atoms with E-state index >= 15 is 4.39 Å². The number of aryl methyl sites for hydroxylation is 1. The third kappa shape index (κ3) is 7.22. The zero-order chi connectivity index (χ0) is 30.5. The number of benzene rings is 1.